The monoisotopic (exact) mass is 288 g/mol. The van der Waals surface area contributed by atoms with Gasteiger partial charge in [0.05, 0.1) is 23.7 Å². The Kier molecular flexibility index (Phi) is 4.15. The first-order chi connectivity index (χ1) is 8.97. The van der Waals surface area contributed by atoms with Crippen molar-refractivity contribution >= 4 is 16.0 Å². The zero-order chi connectivity index (χ0) is 13.9. The van der Waals surface area contributed by atoms with Crippen LogP contribution in [-0.4, -0.2) is 39.7 Å². The van der Waals surface area contributed by atoms with Crippen LogP contribution in [-0.2, 0) is 27.9 Å². The highest BCUT2D eigenvalue weighted by atomic mass is 32.2. The first kappa shape index (κ1) is 13.9. The zero-order valence-corrected chi connectivity index (χ0v) is 11.1. The summed E-state index contributed by atoms with van der Waals surface area (Å²) in [6.45, 7) is -0.249. The molecule has 0 saturated heterocycles. The van der Waals surface area contributed by atoms with Crippen molar-refractivity contribution in [2.45, 2.75) is 44.0 Å². The molecule has 1 heterocycles. The lowest BCUT2D eigenvalue weighted by Crippen LogP contribution is -2.32. The summed E-state index contributed by atoms with van der Waals surface area (Å²) in [5.74, 6) is -1.03. The molecular formula is C10H16N4O4S. The highest BCUT2D eigenvalue weighted by Crippen LogP contribution is 2.23. The van der Waals surface area contributed by atoms with Crippen LogP contribution in [0.25, 0.3) is 0 Å². The number of aromatic nitrogens is 3. The number of rotatable bonds is 6. The Labute approximate surface area is 110 Å². The van der Waals surface area contributed by atoms with Crippen LogP contribution in [0, 0.1) is 0 Å². The van der Waals surface area contributed by atoms with Crippen molar-refractivity contribution in [2.24, 2.45) is 0 Å². The highest BCUT2D eigenvalue weighted by Gasteiger charge is 2.28. The summed E-state index contributed by atoms with van der Waals surface area (Å²) in [7, 11) is -3.32. The molecule has 0 bridgehead atoms. The number of sulfonamides is 1. The van der Waals surface area contributed by atoms with Crippen LogP contribution < -0.4 is 4.72 Å². The number of aliphatic carboxylic acids is 1. The van der Waals surface area contributed by atoms with E-state index in [-0.39, 0.29) is 18.3 Å². The van der Waals surface area contributed by atoms with E-state index < -0.39 is 16.0 Å². The largest absolute Gasteiger partial charge is 0.480 e. The third-order valence-corrected chi connectivity index (χ3v) is 4.97. The maximum absolute atomic E-state index is 11.9. The average Bonchev–Trinajstić information content (AvgIpc) is 2.96. The molecule has 1 saturated carbocycles. The lowest BCUT2D eigenvalue weighted by molar-refractivity contribution is -0.137. The van der Waals surface area contributed by atoms with Crippen molar-refractivity contribution in [3.05, 3.63) is 11.9 Å². The fourth-order valence-corrected chi connectivity index (χ4v) is 3.67. The van der Waals surface area contributed by atoms with Gasteiger partial charge in [-0.3, -0.25) is 4.79 Å². The van der Waals surface area contributed by atoms with E-state index in [9.17, 15) is 13.2 Å². The predicted octanol–water partition coefficient (Wildman–Crippen LogP) is -0.275. The van der Waals surface area contributed by atoms with Crippen LogP contribution in [0.15, 0.2) is 6.20 Å². The molecule has 9 heteroatoms. The van der Waals surface area contributed by atoms with Crippen LogP contribution >= 0.6 is 0 Å². The molecule has 19 heavy (non-hydrogen) atoms. The van der Waals surface area contributed by atoms with Crippen LogP contribution in [0.2, 0.25) is 0 Å². The molecule has 1 aromatic heterocycles. The molecule has 1 aliphatic carbocycles. The Balaban J connectivity index is 1.91. The van der Waals surface area contributed by atoms with Crippen molar-refractivity contribution in [3.8, 4) is 0 Å². The van der Waals surface area contributed by atoms with Crippen molar-refractivity contribution in [2.75, 3.05) is 0 Å². The number of carboxylic acid groups (broad SMARTS) is 1. The first-order valence-electron chi connectivity index (χ1n) is 6.06. The summed E-state index contributed by atoms with van der Waals surface area (Å²) in [5, 5.41) is 15.6. The van der Waals surface area contributed by atoms with Crippen LogP contribution in [0.4, 0.5) is 0 Å². The molecule has 0 aliphatic heterocycles. The van der Waals surface area contributed by atoms with Crippen molar-refractivity contribution in [1.29, 1.82) is 0 Å². The Morgan fingerprint density at radius 1 is 1.47 bits per heavy atom. The second-order valence-electron chi connectivity index (χ2n) is 4.57. The summed E-state index contributed by atoms with van der Waals surface area (Å²) in [6.07, 6.45) is 4.70. The summed E-state index contributed by atoms with van der Waals surface area (Å²) in [6, 6.07) is 0. The standard InChI is InChI=1S/C10H16N4O4S/c15-10(16)7-14-6-8(12-13-14)5-11-19(17,18)9-3-1-2-4-9/h6,9,11H,1-5,7H2,(H,15,16). The maximum atomic E-state index is 11.9. The number of nitrogens with zero attached hydrogens (tertiary/aromatic N) is 3. The van der Waals surface area contributed by atoms with Gasteiger partial charge in [0.15, 0.2) is 0 Å². The second kappa shape index (κ2) is 5.66. The fraction of sp³-hybridized carbons (Fsp3) is 0.700. The molecule has 0 amide bonds. The quantitative estimate of drug-likeness (QED) is 0.744. The van der Waals surface area contributed by atoms with E-state index >= 15 is 0 Å². The lowest BCUT2D eigenvalue weighted by atomic mass is 10.4. The van der Waals surface area contributed by atoms with Gasteiger partial charge in [0, 0.05) is 0 Å². The van der Waals surface area contributed by atoms with Gasteiger partial charge in [-0.15, -0.1) is 5.10 Å². The van der Waals surface area contributed by atoms with Crippen molar-refractivity contribution < 1.29 is 18.3 Å². The van der Waals surface area contributed by atoms with Gasteiger partial charge in [-0.25, -0.2) is 17.8 Å². The number of hydrogen-bond donors (Lipinski definition) is 2. The van der Waals surface area contributed by atoms with Crippen molar-refractivity contribution in [1.82, 2.24) is 19.7 Å². The zero-order valence-electron chi connectivity index (χ0n) is 10.3. The van der Waals surface area contributed by atoms with Gasteiger partial charge >= 0.3 is 5.97 Å². The topological polar surface area (TPSA) is 114 Å². The van der Waals surface area contributed by atoms with Gasteiger partial charge in [-0.1, -0.05) is 18.1 Å². The molecule has 0 spiro atoms. The molecule has 8 nitrogen and oxygen atoms in total. The molecule has 1 aliphatic rings. The Bertz CT molecular complexity index is 548. The van der Waals surface area contributed by atoms with Crippen LogP contribution in [0.1, 0.15) is 31.4 Å². The van der Waals surface area contributed by atoms with Gasteiger partial charge in [0.25, 0.3) is 0 Å². The molecule has 0 atom stereocenters. The molecule has 0 aromatic carbocycles. The smallest absolute Gasteiger partial charge is 0.325 e. The van der Waals surface area contributed by atoms with E-state index in [2.05, 4.69) is 15.0 Å². The highest BCUT2D eigenvalue weighted by molar-refractivity contribution is 7.90. The minimum atomic E-state index is -3.32. The fourth-order valence-electron chi connectivity index (χ4n) is 2.13. The van der Waals surface area contributed by atoms with E-state index in [4.69, 9.17) is 5.11 Å². The Morgan fingerprint density at radius 2 is 2.16 bits per heavy atom. The third kappa shape index (κ3) is 3.74. The summed E-state index contributed by atoms with van der Waals surface area (Å²) < 4.78 is 27.5. The van der Waals surface area contributed by atoms with E-state index in [1.165, 1.54) is 6.20 Å². The van der Waals surface area contributed by atoms with Gasteiger partial charge in [0.2, 0.25) is 10.0 Å². The van der Waals surface area contributed by atoms with E-state index in [1.807, 2.05) is 0 Å². The first-order valence-corrected chi connectivity index (χ1v) is 7.61. The molecule has 0 unspecified atom stereocenters. The van der Waals surface area contributed by atoms with Gasteiger partial charge in [-0.2, -0.15) is 0 Å². The van der Waals surface area contributed by atoms with Crippen LogP contribution in [0.5, 0.6) is 0 Å². The molecular weight excluding hydrogens is 272 g/mol. The van der Waals surface area contributed by atoms with Crippen molar-refractivity contribution in [3.63, 3.8) is 0 Å². The van der Waals surface area contributed by atoms with E-state index in [1.54, 1.807) is 0 Å². The van der Waals surface area contributed by atoms with E-state index in [0.29, 0.717) is 18.5 Å². The number of hydrogen-bond acceptors (Lipinski definition) is 5. The van der Waals surface area contributed by atoms with Crippen LogP contribution in [0.3, 0.4) is 0 Å². The number of carboxylic acids is 1. The second-order valence-corrected chi connectivity index (χ2v) is 6.62. The molecule has 106 valence electrons. The summed E-state index contributed by atoms with van der Waals surface area (Å²) >= 11 is 0. The molecule has 0 radical (unpaired) electrons. The minimum absolute atomic E-state index is 0.0401. The van der Waals surface area contributed by atoms with Gasteiger partial charge in [0.1, 0.15) is 6.54 Å². The predicted molar refractivity (Wildman–Crippen MR) is 65.7 cm³/mol. The SMILES string of the molecule is O=C(O)Cn1cc(CNS(=O)(=O)C2CCCC2)nn1. The normalized spacial score (nSPS) is 16.8. The van der Waals surface area contributed by atoms with Gasteiger partial charge < -0.3 is 5.11 Å². The summed E-state index contributed by atoms with van der Waals surface area (Å²) in [5.41, 5.74) is 0.405. The third-order valence-electron chi connectivity index (χ3n) is 3.08. The number of nitrogens with one attached hydrogen (secondary N) is 1. The molecule has 2 rings (SSSR count). The lowest BCUT2D eigenvalue weighted by Gasteiger charge is -2.10. The Hall–Kier alpha value is -1.48. The average molecular weight is 288 g/mol. The number of carbonyl (C=O) groups is 1. The molecule has 1 fully saturated rings. The molecule has 1 aromatic rings. The Morgan fingerprint density at radius 3 is 2.79 bits per heavy atom. The maximum Gasteiger partial charge on any atom is 0.325 e. The van der Waals surface area contributed by atoms with Gasteiger partial charge in [-0.05, 0) is 12.8 Å². The minimum Gasteiger partial charge on any atom is -0.480 e. The summed E-state index contributed by atoms with van der Waals surface area (Å²) in [4.78, 5) is 10.5. The van der Waals surface area contributed by atoms with E-state index in [0.717, 1.165) is 17.5 Å². The molecule has 2 N–H and O–H groups in total.